The van der Waals surface area contributed by atoms with E-state index in [9.17, 15) is 9.50 Å². The van der Waals surface area contributed by atoms with Gasteiger partial charge in [-0.2, -0.15) is 0 Å². The molecule has 0 bridgehead atoms. The zero-order chi connectivity index (χ0) is 12.7. The second kappa shape index (κ2) is 4.80. The Hall–Kier alpha value is -0.640. The van der Waals surface area contributed by atoms with Crippen LogP contribution in [0.4, 0.5) is 4.39 Å². The van der Waals surface area contributed by atoms with Crippen LogP contribution in [-0.2, 0) is 6.54 Å². The van der Waals surface area contributed by atoms with Crippen LogP contribution in [0.2, 0.25) is 5.02 Å². The Kier molecular flexibility index (Phi) is 3.31. The van der Waals surface area contributed by atoms with Crippen molar-refractivity contribution in [3.05, 3.63) is 34.6 Å². The number of aliphatic hydroxyl groups is 1. The SMILES string of the molecule is OC1CCC2CN(Cc3cc(F)ccc3Cl)CC12. The molecule has 1 aromatic carbocycles. The van der Waals surface area contributed by atoms with Crippen molar-refractivity contribution in [3.8, 4) is 0 Å². The first-order valence-corrected chi connectivity index (χ1v) is 6.85. The maximum Gasteiger partial charge on any atom is 0.123 e. The Morgan fingerprint density at radius 2 is 2.17 bits per heavy atom. The molecule has 0 amide bonds. The molecule has 1 aliphatic heterocycles. The largest absolute Gasteiger partial charge is 0.393 e. The minimum atomic E-state index is -0.242. The second-order valence-corrected chi connectivity index (χ2v) is 5.91. The van der Waals surface area contributed by atoms with Crippen molar-refractivity contribution < 1.29 is 9.50 Å². The van der Waals surface area contributed by atoms with E-state index in [0.717, 1.165) is 31.5 Å². The fraction of sp³-hybridized carbons (Fsp3) is 0.571. The zero-order valence-electron chi connectivity index (χ0n) is 10.1. The van der Waals surface area contributed by atoms with Crippen molar-refractivity contribution in [2.24, 2.45) is 11.8 Å². The summed E-state index contributed by atoms with van der Waals surface area (Å²) in [6.07, 6.45) is 1.89. The summed E-state index contributed by atoms with van der Waals surface area (Å²) < 4.78 is 13.2. The molecular weight excluding hydrogens is 253 g/mol. The van der Waals surface area contributed by atoms with E-state index < -0.39 is 0 Å². The molecule has 1 aromatic rings. The standard InChI is InChI=1S/C14H17ClFNO/c15-13-3-2-11(16)5-10(13)7-17-6-9-1-4-14(18)12(9)8-17/h2-3,5,9,12,14,18H,1,4,6-8H2. The van der Waals surface area contributed by atoms with E-state index in [1.54, 1.807) is 6.07 Å². The van der Waals surface area contributed by atoms with Crippen LogP contribution in [0.15, 0.2) is 18.2 Å². The van der Waals surface area contributed by atoms with Crippen LogP contribution in [0, 0.1) is 17.7 Å². The molecule has 18 heavy (non-hydrogen) atoms. The number of likely N-dealkylation sites (tertiary alicyclic amines) is 1. The molecule has 0 aromatic heterocycles. The van der Waals surface area contributed by atoms with E-state index in [1.165, 1.54) is 12.1 Å². The van der Waals surface area contributed by atoms with Crippen LogP contribution in [0.5, 0.6) is 0 Å². The lowest BCUT2D eigenvalue weighted by molar-refractivity contribution is 0.123. The maximum absolute atomic E-state index is 13.2. The Labute approximate surface area is 111 Å². The molecule has 0 spiro atoms. The van der Waals surface area contributed by atoms with Crippen molar-refractivity contribution in [1.29, 1.82) is 0 Å². The summed E-state index contributed by atoms with van der Waals surface area (Å²) in [6.45, 7) is 2.57. The molecule has 1 N–H and O–H groups in total. The third-order valence-corrected chi connectivity index (χ3v) is 4.67. The van der Waals surface area contributed by atoms with Crippen molar-refractivity contribution >= 4 is 11.6 Å². The van der Waals surface area contributed by atoms with Gasteiger partial charge in [0.05, 0.1) is 6.10 Å². The van der Waals surface area contributed by atoms with E-state index in [2.05, 4.69) is 4.90 Å². The molecule has 3 atom stereocenters. The fourth-order valence-corrected chi connectivity index (χ4v) is 3.54. The predicted molar refractivity (Wildman–Crippen MR) is 68.9 cm³/mol. The first kappa shape index (κ1) is 12.4. The average molecular weight is 270 g/mol. The highest BCUT2D eigenvalue weighted by atomic mass is 35.5. The molecule has 1 aliphatic carbocycles. The summed E-state index contributed by atoms with van der Waals surface area (Å²) in [5.74, 6) is 0.762. The van der Waals surface area contributed by atoms with E-state index in [-0.39, 0.29) is 11.9 Å². The van der Waals surface area contributed by atoms with Gasteiger partial charge in [0.25, 0.3) is 0 Å². The number of fused-ring (bicyclic) bond motifs is 1. The van der Waals surface area contributed by atoms with Gasteiger partial charge in [0.15, 0.2) is 0 Å². The molecule has 98 valence electrons. The lowest BCUT2D eigenvalue weighted by atomic mass is 10.00. The first-order valence-electron chi connectivity index (χ1n) is 6.48. The summed E-state index contributed by atoms with van der Waals surface area (Å²) in [5, 5.41) is 10.5. The van der Waals surface area contributed by atoms with Gasteiger partial charge in [-0.3, -0.25) is 4.90 Å². The van der Waals surface area contributed by atoms with Crippen LogP contribution in [-0.4, -0.2) is 29.2 Å². The van der Waals surface area contributed by atoms with Crippen LogP contribution in [0.1, 0.15) is 18.4 Å². The smallest absolute Gasteiger partial charge is 0.123 e. The molecule has 4 heteroatoms. The Morgan fingerprint density at radius 3 is 2.94 bits per heavy atom. The number of rotatable bonds is 2. The summed E-state index contributed by atoms with van der Waals surface area (Å²) in [7, 11) is 0. The minimum Gasteiger partial charge on any atom is -0.393 e. The van der Waals surface area contributed by atoms with Gasteiger partial charge in [0.2, 0.25) is 0 Å². The Balaban J connectivity index is 1.69. The molecule has 2 aliphatic rings. The number of aliphatic hydroxyl groups excluding tert-OH is 1. The predicted octanol–water partition coefficient (Wildman–Crippen LogP) is 2.68. The first-order chi connectivity index (χ1) is 8.63. The Bertz CT molecular complexity index is 453. The Morgan fingerprint density at radius 1 is 1.33 bits per heavy atom. The number of benzene rings is 1. The monoisotopic (exact) mass is 269 g/mol. The van der Waals surface area contributed by atoms with Crippen molar-refractivity contribution in [2.75, 3.05) is 13.1 Å². The molecule has 2 nitrogen and oxygen atoms in total. The summed E-state index contributed by atoms with van der Waals surface area (Å²) >= 11 is 6.08. The summed E-state index contributed by atoms with van der Waals surface area (Å²) in [4.78, 5) is 2.28. The van der Waals surface area contributed by atoms with Crippen LogP contribution < -0.4 is 0 Å². The quantitative estimate of drug-likeness (QED) is 0.892. The molecule has 1 saturated carbocycles. The number of nitrogens with zero attached hydrogens (tertiary/aromatic N) is 1. The molecule has 1 saturated heterocycles. The van der Waals surface area contributed by atoms with Gasteiger partial charge in [-0.15, -0.1) is 0 Å². The highest BCUT2D eigenvalue weighted by Gasteiger charge is 2.41. The van der Waals surface area contributed by atoms with Crippen molar-refractivity contribution in [3.63, 3.8) is 0 Å². The van der Waals surface area contributed by atoms with Crippen LogP contribution in [0.25, 0.3) is 0 Å². The van der Waals surface area contributed by atoms with Gasteiger partial charge >= 0.3 is 0 Å². The second-order valence-electron chi connectivity index (χ2n) is 5.50. The molecule has 0 radical (unpaired) electrons. The van der Waals surface area contributed by atoms with E-state index in [1.807, 2.05) is 0 Å². The molecular formula is C14H17ClFNO. The van der Waals surface area contributed by atoms with Crippen LogP contribution >= 0.6 is 11.6 Å². The summed E-state index contributed by atoms with van der Waals surface area (Å²) in [6, 6.07) is 4.50. The maximum atomic E-state index is 13.2. The minimum absolute atomic E-state index is 0.150. The van der Waals surface area contributed by atoms with Gasteiger partial charge in [0, 0.05) is 30.6 Å². The number of hydrogen-bond donors (Lipinski definition) is 1. The van der Waals surface area contributed by atoms with Gasteiger partial charge in [-0.25, -0.2) is 4.39 Å². The number of hydrogen-bond acceptors (Lipinski definition) is 2. The normalized spacial score (nSPS) is 31.8. The number of halogens is 2. The molecule has 3 unspecified atom stereocenters. The summed E-state index contributed by atoms with van der Waals surface area (Å²) in [5.41, 5.74) is 0.839. The zero-order valence-corrected chi connectivity index (χ0v) is 10.9. The van der Waals surface area contributed by atoms with Gasteiger partial charge in [0.1, 0.15) is 5.82 Å². The lowest BCUT2D eigenvalue weighted by Gasteiger charge is -2.18. The molecule has 1 heterocycles. The van der Waals surface area contributed by atoms with E-state index in [4.69, 9.17) is 11.6 Å². The van der Waals surface area contributed by atoms with Gasteiger partial charge in [-0.05, 0) is 42.5 Å². The fourth-order valence-electron chi connectivity index (χ4n) is 3.36. The highest BCUT2D eigenvalue weighted by Crippen LogP contribution is 2.38. The third-order valence-electron chi connectivity index (χ3n) is 4.30. The molecule has 2 fully saturated rings. The van der Waals surface area contributed by atoms with Gasteiger partial charge < -0.3 is 5.11 Å². The molecule has 3 rings (SSSR count). The third kappa shape index (κ3) is 2.27. The van der Waals surface area contributed by atoms with E-state index >= 15 is 0 Å². The van der Waals surface area contributed by atoms with Crippen molar-refractivity contribution in [2.45, 2.75) is 25.5 Å². The van der Waals surface area contributed by atoms with Gasteiger partial charge in [-0.1, -0.05) is 11.6 Å². The van der Waals surface area contributed by atoms with Crippen molar-refractivity contribution in [1.82, 2.24) is 4.90 Å². The average Bonchev–Trinajstić information content (AvgIpc) is 2.87. The topological polar surface area (TPSA) is 23.5 Å². The van der Waals surface area contributed by atoms with E-state index in [0.29, 0.717) is 23.4 Å². The van der Waals surface area contributed by atoms with Crippen LogP contribution in [0.3, 0.4) is 0 Å². The lowest BCUT2D eigenvalue weighted by Crippen LogP contribution is -2.24. The highest BCUT2D eigenvalue weighted by molar-refractivity contribution is 6.31.